The molecular weight excluding hydrogens is 1670 g/mol. The first-order chi connectivity index (χ1) is 57.0. The third-order valence-corrected chi connectivity index (χ3v) is 28.4. The molecule has 35 nitrogen and oxygen atoms in total. The number of ether oxygens (including phenoxy) is 6. The van der Waals surface area contributed by atoms with Gasteiger partial charge in [0.1, 0.15) is 94.9 Å². The molecule has 6 fully saturated rings. The highest BCUT2D eigenvalue weighted by Gasteiger charge is 2.35. The van der Waals surface area contributed by atoms with Crippen LogP contribution in [-0.4, -0.2) is 210 Å². The van der Waals surface area contributed by atoms with Crippen molar-refractivity contribution in [2.45, 2.75) is 155 Å². The van der Waals surface area contributed by atoms with Crippen molar-refractivity contribution in [3.05, 3.63) is 176 Å². The molecule has 6 aromatic rings. The van der Waals surface area contributed by atoms with Gasteiger partial charge in [-0.05, 0) is 174 Å². The second kappa shape index (κ2) is 37.1. The van der Waals surface area contributed by atoms with Crippen LogP contribution in [0, 0.1) is 0 Å². The van der Waals surface area contributed by atoms with Crippen molar-refractivity contribution >= 4 is 101 Å². The van der Waals surface area contributed by atoms with E-state index in [1.54, 1.807) is 89.8 Å². The lowest BCUT2D eigenvalue weighted by Gasteiger charge is -2.20. The first-order valence-electron chi connectivity index (χ1n) is 39.5. The molecule has 2 saturated carbocycles. The van der Waals surface area contributed by atoms with E-state index in [1.165, 1.54) is 25.7 Å². The van der Waals surface area contributed by atoms with Gasteiger partial charge in [-0.1, -0.05) is 72.8 Å². The highest BCUT2D eigenvalue weighted by atomic mass is 32.2. The molecular formula is C79H100N16O19S6. The van der Waals surface area contributed by atoms with Crippen LogP contribution >= 0.6 is 0 Å². The molecule has 0 aromatic heterocycles. The van der Waals surface area contributed by atoms with Gasteiger partial charge >= 0.3 is 0 Å². The number of nitrogens with zero attached hydrogens (tertiary/aromatic N) is 9. The fourth-order valence-electron chi connectivity index (χ4n) is 16.1. The Labute approximate surface area is 699 Å². The Balaban J connectivity index is 0.000000125. The SMILES string of the molecule is CN1CC[C@@H](Oc2cccc3c2C(N)=NS(=O)(=O)C3)C1.CN1CC[C@H](Oc2cccc3c2C(N)=NS(=O)(=O)C3)C1.NC1=NS(=O)(=O)Cc2cccc(OC3CCCC3)c21.NC1=NS(=O)(=O)Cc2cccc(OC3CCCC3)c21.NC1=NS(=O)(=O)Cc2cccc(OCCN3CCCC3=O)c21.NC1=NS(=O)(=O)Cc2cccc(OC[C@@H]3CCCN3)c21. The maximum absolute atomic E-state index is 11.6. The first-order valence-corrected chi connectivity index (χ1v) is 49.2. The van der Waals surface area contributed by atoms with E-state index in [9.17, 15) is 55.3 Å². The Morgan fingerprint density at radius 1 is 0.358 bits per heavy atom. The van der Waals surface area contributed by atoms with Crippen LogP contribution in [0.25, 0.3) is 0 Å². The van der Waals surface area contributed by atoms with Crippen LogP contribution < -0.4 is 68.1 Å². The van der Waals surface area contributed by atoms with E-state index in [-0.39, 0.29) is 99.9 Å². The van der Waals surface area contributed by atoms with Crippen LogP contribution in [0.1, 0.15) is 157 Å². The fourth-order valence-corrected chi connectivity index (χ4v) is 22.6. The van der Waals surface area contributed by atoms with Crippen molar-refractivity contribution in [3.8, 4) is 34.5 Å². The van der Waals surface area contributed by atoms with Crippen LogP contribution in [0.3, 0.4) is 0 Å². The summed E-state index contributed by atoms with van der Waals surface area (Å²) in [7, 11) is -16.9. The number of rotatable bonds is 15. The number of likely N-dealkylation sites (N-methyl/N-ethyl adjacent to an activating group) is 2. The molecule has 6 aromatic carbocycles. The van der Waals surface area contributed by atoms with Gasteiger partial charge in [0, 0.05) is 45.2 Å². The molecule has 3 atom stereocenters. The smallest absolute Gasteiger partial charge is 0.259 e. The van der Waals surface area contributed by atoms with Gasteiger partial charge in [0.25, 0.3) is 60.1 Å². The number of hydrogen-bond donors (Lipinski definition) is 7. The predicted octanol–water partition coefficient (Wildman–Crippen LogP) is 4.35. The number of amidine groups is 6. The molecule has 0 bridgehead atoms. The lowest BCUT2D eigenvalue weighted by molar-refractivity contribution is -0.128. The van der Waals surface area contributed by atoms with Gasteiger partial charge in [-0.25, -0.2) is 50.5 Å². The average molecular weight is 1770 g/mol. The Hall–Kier alpha value is -10.0. The third-order valence-electron chi connectivity index (χ3n) is 21.5. The van der Waals surface area contributed by atoms with E-state index in [0.717, 1.165) is 97.1 Å². The third kappa shape index (κ3) is 22.6. The summed E-state index contributed by atoms with van der Waals surface area (Å²) in [5, 5.41) is 3.35. The minimum absolute atomic E-state index is 0.0150. The van der Waals surface area contributed by atoms with E-state index >= 15 is 0 Å². The van der Waals surface area contributed by atoms with E-state index in [4.69, 9.17) is 62.8 Å². The minimum atomic E-state index is -3.55. The van der Waals surface area contributed by atoms with Gasteiger partial charge in [-0.3, -0.25) is 4.79 Å². The summed E-state index contributed by atoms with van der Waals surface area (Å²) in [5.41, 5.74) is 42.3. The highest BCUT2D eigenvalue weighted by molar-refractivity contribution is 7.91. The van der Waals surface area contributed by atoms with Gasteiger partial charge in [0.15, 0.2) is 0 Å². The van der Waals surface area contributed by atoms with E-state index < -0.39 is 60.1 Å². The van der Waals surface area contributed by atoms with Crippen LogP contribution in [0.15, 0.2) is 136 Å². The van der Waals surface area contributed by atoms with Crippen molar-refractivity contribution in [1.29, 1.82) is 0 Å². The fraction of sp³-hybridized carbons (Fsp3) is 0.456. The normalized spacial score (nSPS) is 22.9. The van der Waals surface area contributed by atoms with Gasteiger partial charge in [-0.2, -0.15) is 0 Å². The van der Waals surface area contributed by atoms with Gasteiger partial charge < -0.3 is 82.8 Å². The number of sulfonamides is 6. The molecule has 2 aliphatic carbocycles. The number of nitrogens with two attached hydrogens (primary N) is 6. The van der Waals surface area contributed by atoms with E-state index in [2.05, 4.69) is 41.5 Å². The Morgan fingerprint density at radius 2 is 0.650 bits per heavy atom. The molecule has 12 aliphatic rings. The molecule has 10 heterocycles. The predicted molar refractivity (Wildman–Crippen MR) is 455 cm³/mol. The second-order valence-electron chi connectivity index (χ2n) is 31.0. The maximum Gasteiger partial charge on any atom is 0.259 e. The van der Waals surface area contributed by atoms with Crippen LogP contribution in [0.5, 0.6) is 34.5 Å². The zero-order valence-corrected chi connectivity index (χ0v) is 71.4. The Kier molecular flexibility index (Phi) is 27.2. The molecule has 0 radical (unpaired) electrons. The lowest BCUT2D eigenvalue weighted by atomic mass is 10.1. The number of hydrogen-bond acceptors (Lipinski definition) is 28. The Morgan fingerprint density at radius 3 is 0.925 bits per heavy atom. The number of amides is 1. The number of carbonyl (C=O) groups excluding carboxylic acids is 1. The molecule has 0 spiro atoms. The van der Waals surface area contributed by atoms with Crippen molar-refractivity contribution < 1.29 is 83.7 Å². The number of benzene rings is 6. The maximum atomic E-state index is 11.6. The summed E-state index contributed by atoms with van der Waals surface area (Å²) in [6.07, 6.45) is 15.1. The summed E-state index contributed by atoms with van der Waals surface area (Å²) < 4.78 is 196. The van der Waals surface area contributed by atoms with Crippen molar-refractivity contribution in [2.24, 2.45) is 60.8 Å². The van der Waals surface area contributed by atoms with E-state index in [1.807, 2.05) is 38.4 Å². The van der Waals surface area contributed by atoms with Crippen LogP contribution in [0.4, 0.5) is 0 Å². The van der Waals surface area contributed by atoms with E-state index in [0.29, 0.717) is 133 Å². The summed E-state index contributed by atoms with van der Waals surface area (Å²) in [6.45, 7) is 6.89. The summed E-state index contributed by atoms with van der Waals surface area (Å²) in [4.78, 5) is 17.7. The van der Waals surface area contributed by atoms with Crippen molar-refractivity contribution in [2.75, 3.05) is 73.1 Å². The minimum Gasteiger partial charge on any atom is -0.491 e. The molecule has 13 N–H and O–H groups in total. The second-order valence-corrected chi connectivity index (χ2v) is 40.8. The van der Waals surface area contributed by atoms with Gasteiger partial charge in [-0.15, -0.1) is 26.4 Å². The molecule has 1 amide bonds. The standard InChI is InChI=1S/C14H17N3O4S.3C13H17N3O3S.2C13H16N2O3S/c15-14-13-10(9-22(19,20)16-14)3-1-4-11(13)21-8-7-17-6-2-5-12(17)18;2*1-16-6-5-10(7-16)19-11-4-2-3-9-8-20(17,18)15-13(14)12(9)11;14-13-12-9(8-20(17,18)16-13)3-1-5-11(12)19-7-10-4-2-6-15-10;2*14-13-12-9(8-19(16,17)15-13)4-3-7-11(12)18-10-5-1-2-6-10/h1,3-4H,2,5-9H2,(H2,15,16);2*2-4,10H,5-8H2,1H3,(H2,14,15);1,3,5,10,15H,2,4,6-8H2,(H2,14,16);2*3-4,7,10H,1-2,5-6,8H2,(H2,14,15)/t;3*10-;;/m.100../s1. The van der Waals surface area contributed by atoms with Gasteiger partial charge in [0.2, 0.25) is 5.91 Å². The Bertz CT molecular complexity index is 5580. The van der Waals surface area contributed by atoms with Crippen molar-refractivity contribution in [1.82, 2.24) is 20.0 Å². The van der Waals surface area contributed by atoms with Crippen LogP contribution in [-0.2, 0) is 99.5 Å². The largest absolute Gasteiger partial charge is 0.491 e. The van der Waals surface area contributed by atoms with Crippen LogP contribution in [0.2, 0.25) is 0 Å². The van der Waals surface area contributed by atoms with Crippen molar-refractivity contribution in [3.63, 3.8) is 0 Å². The molecule has 4 saturated heterocycles. The number of nitrogens with one attached hydrogen (secondary N) is 1. The first kappa shape index (κ1) is 87.8. The lowest BCUT2D eigenvalue weighted by Crippen LogP contribution is -2.30. The number of likely N-dealkylation sites (tertiary alicyclic amines) is 3. The zero-order valence-electron chi connectivity index (χ0n) is 66.5. The summed E-state index contributed by atoms with van der Waals surface area (Å²) >= 11 is 0. The topological polar surface area (TPSA) is 529 Å². The zero-order chi connectivity index (χ0) is 85.5. The monoisotopic (exact) mass is 1770 g/mol. The average Bonchev–Trinajstić information content (AvgIpc) is 1.08. The van der Waals surface area contributed by atoms with Gasteiger partial charge in [0.05, 0.1) is 86.7 Å². The number of fused-ring (bicyclic) bond motifs is 6. The molecule has 41 heteroatoms. The molecule has 0 unspecified atom stereocenters. The quantitative estimate of drug-likeness (QED) is 0.0751. The summed E-state index contributed by atoms with van der Waals surface area (Å²) in [5.74, 6) is 3.14. The molecule has 646 valence electrons. The summed E-state index contributed by atoms with van der Waals surface area (Å²) in [6, 6.07) is 32.3. The highest BCUT2D eigenvalue weighted by Crippen LogP contribution is 2.37. The molecule has 120 heavy (non-hydrogen) atoms. The number of carbonyl (C=O) groups is 1. The molecule has 10 aliphatic heterocycles. The molecule has 18 rings (SSSR count).